The first-order chi connectivity index (χ1) is 8.05. The molecule has 1 aromatic heterocycles. The molecule has 0 aromatic carbocycles. The molecule has 0 bridgehead atoms. The number of carboxylic acid groups (broad SMARTS) is 1. The molecule has 5 nitrogen and oxygen atoms in total. The van der Waals surface area contributed by atoms with Gasteiger partial charge in [0.05, 0.1) is 11.1 Å². The van der Waals surface area contributed by atoms with Gasteiger partial charge in [0, 0.05) is 26.2 Å². The van der Waals surface area contributed by atoms with E-state index in [0.29, 0.717) is 18.8 Å². The third-order valence-corrected chi connectivity index (χ3v) is 3.51. The maximum Gasteiger partial charge on any atom is 0.311 e. The monoisotopic (exact) mass is 237 g/mol. The summed E-state index contributed by atoms with van der Waals surface area (Å²) in [6.07, 6.45) is 5.20. The zero-order chi connectivity index (χ0) is 12.5. The first-order valence-electron chi connectivity index (χ1n) is 5.98. The van der Waals surface area contributed by atoms with Gasteiger partial charge < -0.3 is 10.8 Å². The summed E-state index contributed by atoms with van der Waals surface area (Å²) in [5.41, 5.74) is 5.69. The molecule has 1 aliphatic carbocycles. The third kappa shape index (κ3) is 2.66. The van der Waals surface area contributed by atoms with Gasteiger partial charge in [0.1, 0.15) is 0 Å². The summed E-state index contributed by atoms with van der Waals surface area (Å²) < 4.78 is 1.69. The van der Waals surface area contributed by atoms with Crippen LogP contribution in [0.2, 0.25) is 0 Å². The fraction of sp³-hybridized carbons (Fsp3) is 0.667. The predicted molar refractivity (Wildman–Crippen MR) is 63.4 cm³/mol. The summed E-state index contributed by atoms with van der Waals surface area (Å²) in [5.74, 6) is -0.254. The van der Waals surface area contributed by atoms with E-state index >= 15 is 0 Å². The second-order valence-corrected chi connectivity index (χ2v) is 5.09. The Morgan fingerprint density at radius 1 is 1.71 bits per heavy atom. The molecule has 94 valence electrons. The van der Waals surface area contributed by atoms with Gasteiger partial charge in [0.2, 0.25) is 0 Å². The fourth-order valence-electron chi connectivity index (χ4n) is 2.26. The summed E-state index contributed by atoms with van der Waals surface area (Å²) in [6, 6.07) is 1.86. The number of rotatable bonds is 6. The summed E-state index contributed by atoms with van der Waals surface area (Å²) in [4.78, 5) is 11.5. The summed E-state index contributed by atoms with van der Waals surface area (Å²) >= 11 is 0. The Morgan fingerprint density at radius 3 is 2.82 bits per heavy atom. The van der Waals surface area contributed by atoms with Crippen LogP contribution in [0.3, 0.4) is 0 Å². The lowest BCUT2D eigenvalue weighted by Gasteiger charge is -2.27. The SMILES string of the molecule is Cn1ccc(CC(CN)(CC2CC2)C(=O)O)n1. The minimum atomic E-state index is -0.838. The number of aromatic nitrogens is 2. The van der Waals surface area contributed by atoms with E-state index in [1.165, 1.54) is 0 Å². The second kappa shape index (κ2) is 4.49. The molecule has 0 saturated heterocycles. The average Bonchev–Trinajstić information content (AvgIpc) is 3.00. The zero-order valence-electron chi connectivity index (χ0n) is 10.1. The van der Waals surface area contributed by atoms with Crippen LogP contribution in [0.5, 0.6) is 0 Å². The van der Waals surface area contributed by atoms with E-state index in [4.69, 9.17) is 5.73 Å². The van der Waals surface area contributed by atoms with Gasteiger partial charge in [0.25, 0.3) is 0 Å². The van der Waals surface area contributed by atoms with E-state index in [1.54, 1.807) is 4.68 Å². The molecule has 1 aliphatic rings. The highest BCUT2D eigenvalue weighted by Crippen LogP contribution is 2.41. The second-order valence-electron chi connectivity index (χ2n) is 5.09. The molecule has 1 atom stereocenters. The first-order valence-corrected chi connectivity index (χ1v) is 5.98. The number of hydrogen-bond donors (Lipinski definition) is 2. The van der Waals surface area contributed by atoms with Crippen molar-refractivity contribution < 1.29 is 9.90 Å². The molecule has 3 N–H and O–H groups in total. The standard InChI is InChI=1S/C12H19N3O2/c1-15-5-4-10(14-15)7-12(8-13,11(16)17)6-9-2-3-9/h4-5,9H,2-3,6-8,13H2,1H3,(H,16,17). The van der Waals surface area contributed by atoms with E-state index in [0.717, 1.165) is 18.5 Å². The van der Waals surface area contributed by atoms with E-state index in [9.17, 15) is 9.90 Å². The molecular formula is C12H19N3O2. The molecule has 1 aromatic rings. The van der Waals surface area contributed by atoms with Crippen LogP contribution in [0.1, 0.15) is 25.0 Å². The lowest BCUT2D eigenvalue weighted by molar-refractivity contribution is -0.149. The quantitative estimate of drug-likeness (QED) is 0.766. The highest BCUT2D eigenvalue weighted by Gasteiger charge is 2.42. The van der Waals surface area contributed by atoms with Crippen LogP contribution < -0.4 is 5.73 Å². The van der Waals surface area contributed by atoms with Crippen LogP contribution >= 0.6 is 0 Å². The van der Waals surface area contributed by atoms with Crippen molar-refractivity contribution >= 4 is 5.97 Å². The highest BCUT2D eigenvalue weighted by molar-refractivity contribution is 5.75. The molecule has 17 heavy (non-hydrogen) atoms. The maximum absolute atomic E-state index is 11.5. The number of aliphatic carboxylic acids is 1. The largest absolute Gasteiger partial charge is 0.481 e. The van der Waals surface area contributed by atoms with Crippen molar-refractivity contribution in [1.82, 2.24) is 9.78 Å². The molecular weight excluding hydrogens is 218 g/mol. The van der Waals surface area contributed by atoms with Crippen LogP contribution in [0, 0.1) is 11.3 Å². The van der Waals surface area contributed by atoms with Gasteiger partial charge in [0.15, 0.2) is 0 Å². The van der Waals surface area contributed by atoms with Crippen LogP contribution in [-0.4, -0.2) is 27.4 Å². The van der Waals surface area contributed by atoms with E-state index in [-0.39, 0.29) is 6.54 Å². The smallest absolute Gasteiger partial charge is 0.311 e. The van der Waals surface area contributed by atoms with Crippen molar-refractivity contribution in [2.45, 2.75) is 25.7 Å². The molecule has 0 aliphatic heterocycles. The van der Waals surface area contributed by atoms with Crippen molar-refractivity contribution in [1.29, 1.82) is 0 Å². The number of carbonyl (C=O) groups is 1. The van der Waals surface area contributed by atoms with E-state index in [1.807, 2.05) is 19.3 Å². The number of aryl methyl sites for hydroxylation is 1. The van der Waals surface area contributed by atoms with Crippen LogP contribution in [0.15, 0.2) is 12.3 Å². The summed E-state index contributed by atoms with van der Waals surface area (Å²) in [5, 5.41) is 13.7. The number of hydrogen-bond acceptors (Lipinski definition) is 3. The van der Waals surface area contributed by atoms with Crippen molar-refractivity contribution in [2.24, 2.45) is 24.1 Å². The molecule has 1 heterocycles. The molecule has 1 unspecified atom stereocenters. The maximum atomic E-state index is 11.5. The van der Waals surface area contributed by atoms with Crippen molar-refractivity contribution in [3.63, 3.8) is 0 Å². The first kappa shape index (κ1) is 12.1. The van der Waals surface area contributed by atoms with Crippen LogP contribution in [-0.2, 0) is 18.3 Å². The normalized spacial score (nSPS) is 18.9. The molecule has 0 spiro atoms. The van der Waals surface area contributed by atoms with Crippen LogP contribution in [0.25, 0.3) is 0 Å². The Hall–Kier alpha value is -1.36. The highest BCUT2D eigenvalue weighted by atomic mass is 16.4. The van der Waals surface area contributed by atoms with E-state index < -0.39 is 11.4 Å². The van der Waals surface area contributed by atoms with Crippen LogP contribution in [0.4, 0.5) is 0 Å². The zero-order valence-corrected chi connectivity index (χ0v) is 10.1. The fourth-order valence-corrected chi connectivity index (χ4v) is 2.26. The van der Waals surface area contributed by atoms with Crippen molar-refractivity contribution in [2.75, 3.05) is 6.54 Å². The van der Waals surface area contributed by atoms with Crippen molar-refractivity contribution in [3.05, 3.63) is 18.0 Å². The minimum absolute atomic E-state index is 0.176. The average molecular weight is 237 g/mol. The Morgan fingerprint density at radius 2 is 2.41 bits per heavy atom. The molecule has 1 saturated carbocycles. The summed E-state index contributed by atoms with van der Waals surface area (Å²) in [6.45, 7) is 0.176. The van der Waals surface area contributed by atoms with Gasteiger partial charge in [-0.05, 0) is 18.4 Å². The Balaban J connectivity index is 2.16. The lowest BCUT2D eigenvalue weighted by Crippen LogP contribution is -2.41. The van der Waals surface area contributed by atoms with Gasteiger partial charge in [-0.3, -0.25) is 9.48 Å². The molecule has 2 rings (SSSR count). The van der Waals surface area contributed by atoms with Gasteiger partial charge in [-0.1, -0.05) is 12.8 Å². The molecule has 0 radical (unpaired) electrons. The Bertz CT molecular complexity index is 412. The van der Waals surface area contributed by atoms with Gasteiger partial charge in [-0.15, -0.1) is 0 Å². The molecule has 1 fully saturated rings. The third-order valence-electron chi connectivity index (χ3n) is 3.51. The minimum Gasteiger partial charge on any atom is -0.481 e. The molecule has 0 amide bonds. The lowest BCUT2D eigenvalue weighted by atomic mass is 9.78. The van der Waals surface area contributed by atoms with Crippen molar-refractivity contribution in [3.8, 4) is 0 Å². The summed E-state index contributed by atoms with van der Waals surface area (Å²) in [7, 11) is 1.83. The van der Waals surface area contributed by atoms with E-state index in [2.05, 4.69) is 5.10 Å². The number of nitrogens with zero attached hydrogens (tertiary/aromatic N) is 2. The molecule has 5 heteroatoms. The topological polar surface area (TPSA) is 81.1 Å². The van der Waals surface area contributed by atoms with Gasteiger partial charge in [-0.25, -0.2) is 0 Å². The Labute approximate surface area is 101 Å². The number of nitrogens with two attached hydrogens (primary N) is 1. The number of carboxylic acids is 1. The Kier molecular flexibility index (Phi) is 3.19. The predicted octanol–water partition coefficient (Wildman–Crippen LogP) is 0.792. The van der Waals surface area contributed by atoms with Gasteiger partial charge >= 0.3 is 5.97 Å². The van der Waals surface area contributed by atoms with Gasteiger partial charge in [-0.2, -0.15) is 5.10 Å².